The third-order valence-electron chi connectivity index (χ3n) is 5.18. The molecule has 158 valence electrons. The molecule has 7 heteroatoms. The fraction of sp³-hybridized carbons (Fsp3) is 0.348. The molecule has 0 aliphatic heterocycles. The first-order valence-corrected chi connectivity index (χ1v) is 10.1. The van der Waals surface area contributed by atoms with Gasteiger partial charge in [-0.3, -0.25) is 0 Å². The molecule has 1 unspecified atom stereocenters. The zero-order chi connectivity index (χ0) is 21.5. The van der Waals surface area contributed by atoms with Gasteiger partial charge in [-0.1, -0.05) is 36.4 Å². The van der Waals surface area contributed by atoms with E-state index < -0.39 is 0 Å². The molecule has 0 fully saturated rings. The van der Waals surface area contributed by atoms with Gasteiger partial charge in [0.2, 0.25) is 0 Å². The first kappa shape index (κ1) is 21.4. The smallest absolute Gasteiger partial charge is 0.192 e. The van der Waals surface area contributed by atoms with Crippen LogP contribution in [0.4, 0.5) is 0 Å². The molecule has 1 heterocycles. The van der Waals surface area contributed by atoms with Crippen molar-refractivity contribution in [2.45, 2.75) is 39.9 Å². The van der Waals surface area contributed by atoms with E-state index >= 15 is 0 Å². The van der Waals surface area contributed by atoms with E-state index in [-0.39, 0.29) is 6.04 Å². The number of hydrogen-bond donors (Lipinski definition) is 2. The minimum absolute atomic E-state index is 0.106. The van der Waals surface area contributed by atoms with Crippen molar-refractivity contribution in [2.75, 3.05) is 7.11 Å². The second-order valence-corrected chi connectivity index (χ2v) is 7.31. The summed E-state index contributed by atoms with van der Waals surface area (Å²) in [6.07, 6.45) is 0. The normalized spacial score (nSPS) is 12.5. The molecular formula is C23H30N6O. The number of nitrogens with zero attached hydrogens (tertiary/aromatic N) is 4. The largest absolute Gasteiger partial charge is 0.497 e. The summed E-state index contributed by atoms with van der Waals surface area (Å²) in [4.78, 5) is 4.79. The number of aromatic nitrogens is 3. The van der Waals surface area contributed by atoms with Crippen LogP contribution in [0.25, 0.3) is 0 Å². The summed E-state index contributed by atoms with van der Waals surface area (Å²) in [5.74, 6) is 3.30. The zero-order valence-corrected chi connectivity index (χ0v) is 18.3. The van der Waals surface area contributed by atoms with Crippen molar-refractivity contribution in [3.8, 4) is 5.75 Å². The molecule has 0 radical (unpaired) electrons. The van der Waals surface area contributed by atoms with Crippen LogP contribution in [0.5, 0.6) is 5.75 Å². The van der Waals surface area contributed by atoms with Gasteiger partial charge in [0, 0.05) is 7.05 Å². The molecule has 0 aliphatic rings. The van der Waals surface area contributed by atoms with E-state index in [0.29, 0.717) is 13.1 Å². The summed E-state index contributed by atoms with van der Waals surface area (Å²) in [5.41, 5.74) is 3.59. The van der Waals surface area contributed by atoms with Gasteiger partial charge in [-0.2, -0.15) is 0 Å². The third-order valence-corrected chi connectivity index (χ3v) is 5.18. The highest BCUT2D eigenvalue weighted by Crippen LogP contribution is 2.17. The lowest BCUT2D eigenvalue weighted by molar-refractivity contribution is 0.414. The molecular weight excluding hydrogens is 376 g/mol. The van der Waals surface area contributed by atoms with Crippen LogP contribution < -0.4 is 15.4 Å². The second kappa shape index (κ2) is 9.91. The van der Waals surface area contributed by atoms with Crippen molar-refractivity contribution in [1.29, 1.82) is 0 Å². The maximum Gasteiger partial charge on any atom is 0.192 e. The Kier molecular flexibility index (Phi) is 7.06. The fourth-order valence-electron chi connectivity index (χ4n) is 3.18. The Hall–Kier alpha value is -3.35. The Balaban J connectivity index is 1.75. The maximum absolute atomic E-state index is 5.23. The molecule has 0 saturated heterocycles. The quantitative estimate of drug-likeness (QED) is 0.464. The van der Waals surface area contributed by atoms with Gasteiger partial charge < -0.3 is 19.9 Å². The maximum atomic E-state index is 5.23. The van der Waals surface area contributed by atoms with Gasteiger partial charge in [-0.05, 0) is 49.6 Å². The minimum Gasteiger partial charge on any atom is -0.497 e. The van der Waals surface area contributed by atoms with Gasteiger partial charge in [-0.15, -0.1) is 10.2 Å². The fourth-order valence-corrected chi connectivity index (χ4v) is 3.18. The van der Waals surface area contributed by atoms with Crippen molar-refractivity contribution >= 4 is 5.96 Å². The SMILES string of the molecule is COc1ccc(CN=C(NCc2nnc(C)n2C)NC(C)c2ccccc2C)cc1. The number of ether oxygens (including phenoxy) is 1. The Morgan fingerprint density at radius 3 is 2.47 bits per heavy atom. The van der Waals surface area contributed by atoms with Crippen molar-refractivity contribution in [3.05, 3.63) is 76.9 Å². The molecule has 0 amide bonds. The average molecular weight is 407 g/mol. The number of rotatable bonds is 7. The summed E-state index contributed by atoms with van der Waals surface area (Å²) in [7, 11) is 3.63. The molecule has 2 aromatic carbocycles. The van der Waals surface area contributed by atoms with E-state index in [2.05, 4.69) is 58.9 Å². The van der Waals surface area contributed by atoms with E-state index in [1.54, 1.807) is 7.11 Å². The van der Waals surface area contributed by atoms with Crippen LogP contribution in [0.15, 0.2) is 53.5 Å². The number of nitrogens with one attached hydrogen (secondary N) is 2. The van der Waals surface area contributed by atoms with Crippen molar-refractivity contribution in [1.82, 2.24) is 25.4 Å². The molecule has 1 aromatic heterocycles. The van der Waals surface area contributed by atoms with Crippen LogP contribution >= 0.6 is 0 Å². The lowest BCUT2D eigenvalue weighted by Crippen LogP contribution is -2.39. The number of benzene rings is 2. The molecule has 30 heavy (non-hydrogen) atoms. The number of methoxy groups -OCH3 is 1. The van der Waals surface area contributed by atoms with Gasteiger partial charge in [0.1, 0.15) is 11.6 Å². The van der Waals surface area contributed by atoms with Crippen LogP contribution in [0, 0.1) is 13.8 Å². The highest BCUT2D eigenvalue weighted by Gasteiger charge is 2.12. The van der Waals surface area contributed by atoms with Crippen LogP contribution in [-0.4, -0.2) is 27.8 Å². The van der Waals surface area contributed by atoms with E-state index in [1.165, 1.54) is 11.1 Å². The summed E-state index contributed by atoms with van der Waals surface area (Å²) < 4.78 is 7.20. The molecule has 7 nitrogen and oxygen atoms in total. The molecule has 0 aliphatic carbocycles. The number of hydrogen-bond acceptors (Lipinski definition) is 4. The van der Waals surface area contributed by atoms with E-state index in [9.17, 15) is 0 Å². The molecule has 3 rings (SSSR count). The van der Waals surface area contributed by atoms with Crippen LogP contribution in [0.1, 0.15) is 41.3 Å². The Morgan fingerprint density at radius 2 is 1.83 bits per heavy atom. The number of guanidine groups is 1. The van der Waals surface area contributed by atoms with Crippen molar-refractivity contribution in [2.24, 2.45) is 12.0 Å². The monoisotopic (exact) mass is 406 g/mol. The van der Waals surface area contributed by atoms with Crippen molar-refractivity contribution < 1.29 is 4.74 Å². The predicted molar refractivity (Wildman–Crippen MR) is 119 cm³/mol. The Bertz CT molecular complexity index is 993. The highest BCUT2D eigenvalue weighted by molar-refractivity contribution is 5.80. The number of aliphatic imine (C=N–C) groups is 1. The zero-order valence-electron chi connectivity index (χ0n) is 18.3. The second-order valence-electron chi connectivity index (χ2n) is 7.31. The molecule has 3 aromatic rings. The van der Waals surface area contributed by atoms with Crippen LogP contribution in [0.2, 0.25) is 0 Å². The highest BCUT2D eigenvalue weighted by atomic mass is 16.5. The van der Waals surface area contributed by atoms with Crippen LogP contribution in [-0.2, 0) is 20.1 Å². The molecule has 0 bridgehead atoms. The molecule has 2 N–H and O–H groups in total. The summed E-state index contributed by atoms with van der Waals surface area (Å²) >= 11 is 0. The van der Waals surface area contributed by atoms with E-state index in [4.69, 9.17) is 9.73 Å². The number of aryl methyl sites for hydroxylation is 2. The first-order valence-electron chi connectivity index (χ1n) is 10.1. The Morgan fingerprint density at radius 1 is 1.10 bits per heavy atom. The standard InChI is InChI=1S/C23H30N6O/c1-16-8-6-7-9-21(16)17(2)26-23(25-15-22-28-27-18(3)29(22)4)24-14-19-10-12-20(30-5)13-11-19/h6-13,17H,14-15H2,1-5H3,(H2,24,25,26). The van der Waals surface area contributed by atoms with Crippen LogP contribution in [0.3, 0.4) is 0 Å². The summed E-state index contributed by atoms with van der Waals surface area (Å²) in [6.45, 7) is 7.29. The third kappa shape index (κ3) is 5.37. The van der Waals surface area contributed by atoms with Crippen molar-refractivity contribution in [3.63, 3.8) is 0 Å². The lowest BCUT2D eigenvalue weighted by Gasteiger charge is -2.20. The lowest BCUT2D eigenvalue weighted by atomic mass is 10.0. The van der Waals surface area contributed by atoms with Gasteiger partial charge in [-0.25, -0.2) is 4.99 Å². The Labute approximate surface area is 178 Å². The minimum atomic E-state index is 0.106. The average Bonchev–Trinajstić information content (AvgIpc) is 3.08. The first-order chi connectivity index (χ1) is 14.5. The topological polar surface area (TPSA) is 76.4 Å². The molecule has 1 atom stereocenters. The molecule has 0 saturated carbocycles. The summed E-state index contributed by atoms with van der Waals surface area (Å²) in [5, 5.41) is 15.3. The van der Waals surface area contributed by atoms with Gasteiger partial charge >= 0.3 is 0 Å². The van der Waals surface area contributed by atoms with E-state index in [1.807, 2.05) is 42.8 Å². The van der Waals surface area contributed by atoms with Gasteiger partial charge in [0.25, 0.3) is 0 Å². The van der Waals surface area contributed by atoms with E-state index in [0.717, 1.165) is 28.9 Å². The predicted octanol–water partition coefficient (Wildman–Crippen LogP) is 3.44. The molecule has 0 spiro atoms. The summed E-state index contributed by atoms with van der Waals surface area (Å²) in [6, 6.07) is 16.4. The van der Waals surface area contributed by atoms with Gasteiger partial charge in [0.15, 0.2) is 11.8 Å². The van der Waals surface area contributed by atoms with Gasteiger partial charge in [0.05, 0.1) is 26.2 Å².